The molecule has 0 radical (unpaired) electrons. The van der Waals surface area contributed by atoms with E-state index in [1.165, 1.54) is 6.33 Å². The molecule has 1 aliphatic heterocycles. The van der Waals surface area contributed by atoms with Crippen LogP contribution in [-0.2, 0) is 12.2 Å². The van der Waals surface area contributed by atoms with E-state index in [2.05, 4.69) is 27.2 Å². The zero-order chi connectivity index (χ0) is 15.0. The van der Waals surface area contributed by atoms with Crippen molar-refractivity contribution in [2.45, 2.75) is 19.1 Å². The molecule has 0 fully saturated rings. The SMILES string of the molecule is C=CC1(C)NCc2c(Cl)cc(Nc3ccncn3)c(=O)n21. The van der Waals surface area contributed by atoms with Crippen molar-refractivity contribution in [3.63, 3.8) is 0 Å². The molecule has 0 spiro atoms. The van der Waals surface area contributed by atoms with E-state index in [0.29, 0.717) is 23.1 Å². The zero-order valence-electron chi connectivity index (χ0n) is 11.4. The summed E-state index contributed by atoms with van der Waals surface area (Å²) in [6, 6.07) is 3.30. The van der Waals surface area contributed by atoms with Gasteiger partial charge in [-0.05, 0) is 19.1 Å². The molecule has 0 bridgehead atoms. The molecule has 21 heavy (non-hydrogen) atoms. The zero-order valence-corrected chi connectivity index (χ0v) is 12.2. The van der Waals surface area contributed by atoms with Crippen LogP contribution in [0, 0.1) is 0 Å². The second-order valence-corrected chi connectivity index (χ2v) is 5.33. The molecule has 0 aliphatic carbocycles. The van der Waals surface area contributed by atoms with Crippen molar-refractivity contribution in [1.82, 2.24) is 19.9 Å². The molecule has 0 saturated carbocycles. The predicted octanol–water partition coefficient (Wildman–Crippen LogP) is 2.00. The number of fused-ring (bicyclic) bond motifs is 1. The van der Waals surface area contributed by atoms with Crippen molar-refractivity contribution in [2.24, 2.45) is 0 Å². The average molecular weight is 304 g/mol. The van der Waals surface area contributed by atoms with Crippen LogP contribution in [0.25, 0.3) is 0 Å². The van der Waals surface area contributed by atoms with Crippen molar-refractivity contribution in [1.29, 1.82) is 0 Å². The predicted molar refractivity (Wildman–Crippen MR) is 81.7 cm³/mol. The van der Waals surface area contributed by atoms with Crippen LogP contribution in [0.15, 0.2) is 42.1 Å². The first-order valence-corrected chi connectivity index (χ1v) is 6.79. The first-order chi connectivity index (χ1) is 10.0. The van der Waals surface area contributed by atoms with Gasteiger partial charge in [0.1, 0.15) is 23.5 Å². The third-order valence-corrected chi connectivity index (χ3v) is 3.90. The Morgan fingerprint density at radius 2 is 2.43 bits per heavy atom. The minimum Gasteiger partial charge on any atom is -0.336 e. The second-order valence-electron chi connectivity index (χ2n) is 4.92. The van der Waals surface area contributed by atoms with Crippen LogP contribution in [0.5, 0.6) is 0 Å². The maximum atomic E-state index is 12.7. The Bertz CT molecular complexity index is 758. The number of nitrogens with zero attached hydrogens (tertiary/aromatic N) is 3. The van der Waals surface area contributed by atoms with Crippen LogP contribution in [0.4, 0.5) is 11.5 Å². The number of anilines is 2. The van der Waals surface area contributed by atoms with Crippen molar-refractivity contribution >= 4 is 23.1 Å². The summed E-state index contributed by atoms with van der Waals surface area (Å²) >= 11 is 6.29. The highest BCUT2D eigenvalue weighted by atomic mass is 35.5. The smallest absolute Gasteiger partial charge is 0.276 e. The first kappa shape index (κ1) is 13.8. The minimum absolute atomic E-state index is 0.180. The summed E-state index contributed by atoms with van der Waals surface area (Å²) in [4.78, 5) is 20.6. The molecule has 2 aromatic heterocycles. The van der Waals surface area contributed by atoms with Crippen molar-refractivity contribution in [2.75, 3.05) is 5.32 Å². The van der Waals surface area contributed by atoms with E-state index in [9.17, 15) is 4.79 Å². The molecule has 3 heterocycles. The van der Waals surface area contributed by atoms with Gasteiger partial charge in [-0.2, -0.15) is 0 Å². The number of hydrogen-bond donors (Lipinski definition) is 2. The lowest BCUT2D eigenvalue weighted by atomic mass is 10.2. The molecule has 0 saturated heterocycles. The number of halogens is 1. The molecule has 2 aromatic rings. The monoisotopic (exact) mass is 303 g/mol. The standard InChI is InChI=1S/C14H14ClN5O/c1-3-14(2)18-7-11-9(15)6-10(13(21)20(11)14)19-12-4-5-16-8-17-12/h3-6,8,18H,1,7H2,2H3,(H,16,17,19). The van der Waals surface area contributed by atoms with Gasteiger partial charge in [0, 0.05) is 12.7 Å². The fourth-order valence-corrected chi connectivity index (χ4v) is 2.63. The number of pyridine rings is 1. The molecule has 0 amide bonds. The Balaban J connectivity index is 2.13. The third-order valence-electron chi connectivity index (χ3n) is 3.57. The van der Waals surface area contributed by atoms with Crippen molar-refractivity contribution in [3.8, 4) is 0 Å². The van der Waals surface area contributed by atoms with Crippen LogP contribution < -0.4 is 16.2 Å². The molecule has 3 rings (SSSR count). The Hall–Kier alpha value is -2.18. The van der Waals surface area contributed by atoms with Gasteiger partial charge in [-0.25, -0.2) is 9.97 Å². The van der Waals surface area contributed by atoms with Crippen molar-refractivity contribution < 1.29 is 0 Å². The number of rotatable bonds is 3. The van der Waals surface area contributed by atoms with E-state index >= 15 is 0 Å². The Labute approximate surface area is 126 Å². The van der Waals surface area contributed by atoms with Crippen LogP contribution in [-0.4, -0.2) is 14.5 Å². The molecule has 1 atom stereocenters. The number of aromatic nitrogens is 3. The topological polar surface area (TPSA) is 71.8 Å². The summed E-state index contributed by atoms with van der Waals surface area (Å²) < 4.78 is 1.62. The maximum Gasteiger partial charge on any atom is 0.276 e. The fourth-order valence-electron chi connectivity index (χ4n) is 2.37. The molecule has 1 unspecified atom stereocenters. The van der Waals surface area contributed by atoms with Gasteiger partial charge in [0.25, 0.3) is 5.56 Å². The molecular formula is C14H14ClN5O. The van der Waals surface area contributed by atoms with E-state index in [-0.39, 0.29) is 5.56 Å². The quantitative estimate of drug-likeness (QED) is 0.849. The maximum absolute atomic E-state index is 12.7. The van der Waals surface area contributed by atoms with E-state index in [4.69, 9.17) is 11.6 Å². The molecular weight excluding hydrogens is 290 g/mol. The van der Waals surface area contributed by atoms with E-state index in [1.54, 1.807) is 29.0 Å². The number of hydrogen-bond acceptors (Lipinski definition) is 5. The molecule has 6 nitrogen and oxygen atoms in total. The van der Waals surface area contributed by atoms with Gasteiger partial charge in [0.2, 0.25) is 0 Å². The Morgan fingerprint density at radius 1 is 1.62 bits per heavy atom. The Kier molecular flexibility index (Phi) is 3.27. The highest BCUT2D eigenvalue weighted by Crippen LogP contribution is 2.29. The summed E-state index contributed by atoms with van der Waals surface area (Å²) in [6.07, 6.45) is 4.69. The van der Waals surface area contributed by atoms with Crippen LogP contribution in [0.3, 0.4) is 0 Å². The molecule has 1 aliphatic rings. The highest BCUT2D eigenvalue weighted by molar-refractivity contribution is 6.31. The van der Waals surface area contributed by atoms with Gasteiger partial charge in [0.15, 0.2) is 0 Å². The van der Waals surface area contributed by atoms with Crippen LogP contribution in [0.1, 0.15) is 12.6 Å². The minimum atomic E-state index is -0.653. The summed E-state index contributed by atoms with van der Waals surface area (Å²) in [5.74, 6) is 0.532. The van der Waals surface area contributed by atoms with Crippen LogP contribution >= 0.6 is 11.6 Å². The molecule has 2 N–H and O–H groups in total. The summed E-state index contributed by atoms with van der Waals surface area (Å²) in [6.45, 7) is 6.19. The third kappa shape index (κ3) is 2.22. The highest BCUT2D eigenvalue weighted by Gasteiger charge is 2.33. The van der Waals surface area contributed by atoms with Gasteiger partial charge in [-0.3, -0.25) is 14.7 Å². The Morgan fingerprint density at radius 3 is 3.10 bits per heavy atom. The largest absolute Gasteiger partial charge is 0.336 e. The fraction of sp³-hybridized carbons (Fsp3) is 0.214. The van der Waals surface area contributed by atoms with Gasteiger partial charge in [-0.15, -0.1) is 0 Å². The van der Waals surface area contributed by atoms with Crippen LogP contribution in [0.2, 0.25) is 5.02 Å². The lowest BCUT2D eigenvalue weighted by Gasteiger charge is -2.24. The van der Waals surface area contributed by atoms with Gasteiger partial charge >= 0.3 is 0 Å². The summed E-state index contributed by atoms with van der Waals surface area (Å²) in [5, 5.41) is 6.72. The van der Waals surface area contributed by atoms with E-state index in [1.807, 2.05) is 6.92 Å². The lowest BCUT2D eigenvalue weighted by Crippen LogP contribution is -2.42. The van der Waals surface area contributed by atoms with Gasteiger partial charge < -0.3 is 5.32 Å². The molecule has 0 aromatic carbocycles. The number of nitrogens with one attached hydrogen (secondary N) is 2. The van der Waals surface area contributed by atoms with Gasteiger partial charge in [-0.1, -0.05) is 24.3 Å². The average Bonchev–Trinajstić information content (AvgIpc) is 2.85. The molecule has 108 valence electrons. The van der Waals surface area contributed by atoms with E-state index in [0.717, 1.165) is 5.69 Å². The van der Waals surface area contributed by atoms with E-state index < -0.39 is 5.66 Å². The summed E-state index contributed by atoms with van der Waals surface area (Å²) in [7, 11) is 0. The summed E-state index contributed by atoms with van der Waals surface area (Å²) in [5.41, 5.74) is 0.274. The molecule has 7 heteroatoms. The first-order valence-electron chi connectivity index (χ1n) is 6.42. The van der Waals surface area contributed by atoms with Crippen molar-refractivity contribution in [3.05, 3.63) is 58.4 Å². The van der Waals surface area contributed by atoms with Gasteiger partial charge in [0.05, 0.1) is 10.7 Å². The lowest BCUT2D eigenvalue weighted by molar-refractivity contribution is 0.367. The second kappa shape index (κ2) is 4.98. The normalized spacial score (nSPS) is 20.1.